The van der Waals surface area contributed by atoms with Gasteiger partial charge in [-0.25, -0.2) is 9.18 Å². The molecular formula is C24H20FNO2. The number of alkyl halides is 1. The summed E-state index contributed by atoms with van der Waals surface area (Å²) in [4.78, 5) is 12.7. The molecule has 0 spiro atoms. The van der Waals surface area contributed by atoms with Gasteiger partial charge >= 0.3 is 11.6 Å². The Balaban J connectivity index is 1.89. The Hall–Kier alpha value is -3.45. The summed E-state index contributed by atoms with van der Waals surface area (Å²) in [6.45, 7) is 1.85. The van der Waals surface area contributed by atoms with E-state index in [0.717, 1.165) is 16.7 Å². The van der Waals surface area contributed by atoms with Crippen LogP contribution in [0.3, 0.4) is 0 Å². The second-order valence-corrected chi connectivity index (χ2v) is 6.63. The van der Waals surface area contributed by atoms with E-state index in [-0.39, 0.29) is 5.56 Å². The van der Waals surface area contributed by atoms with E-state index in [9.17, 15) is 10.1 Å². The smallest absolute Gasteiger partial charge is 0.364 e. The van der Waals surface area contributed by atoms with Crippen LogP contribution in [-0.2, 0) is 21.6 Å². The van der Waals surface area contributed by atoms with Gasteiger partial charge in [-0.3, -0.25) is 0 Å². The zero-order valence-electron chi connectivity index (χ0n) is 15.5. The number of esters is 1. The minimum absolute atomic E-state index is 0.0304. The van der Waals surface area contributed by atoms with Gasteiger partial charge in [-0.2, -0.15) is 5.26 Å². The number of halogens is 1. The van der Waals surface area contributed by atoms with Gasteiger partial charge in [-0.1, -0.05) is 90.5 Å². The number of rotatable bonds is 6. The first-order valence-corrected chi connectivity index (χ1v) is 9.00. The maximum atomic E-state index is 15.4. The van der Waals surface area contributed by atoms with E-state index in [1.807, 2.05) is 67.6 Å². The number of hydrogen-bond acceptors (Lipinski definition) is 3. The van der Waals surface area contributed by atoms with Crippen molar-refractivity contribution in [3.63, 3.8) is 0 Å². The molecule has 0 bridgehead atoms. The van der Waals surface area contributed by atoms with Crippen LogP contribution in [0.25, 0.3) is 0 Å². The molecule has 140 valence electrons. The molecule has 0 aliphatic rings. The highest BCUT2D eigenvalue weighted by molar-refractivity contribution is 5.85. The van der Waals surface area contributed by atoms with Crippen LogP contribution >= 0.6 is 0 Å². The first-order chi connectivity index (χ1) is 13.5. The zero-order chi connectivity index (χ0) is 20.0. The van der Waals surface area contributed by atoms with Gasteiger partial charge < -0.3 is 4.74 Å². The summed E-state index contributed by atoms with van der Waals surface area (Å²) in [6, 6.07) is 26.3. The lowest BCUT2D eigenvalue weighted by Gasteiger charge is -2.23. The number of aryl methyl sites for hydroxylation is 1. The van der Waals surface area contributed by atoms with Crippen LogP contribution in [0, 0.1) is 18.3 Å². The summed E-state index contributed by atoms with van der Waals surface area (Å²) in [6.07, 6.45) is -0.323. The molecule has 0 fully saturated rings. The van der Waals surface area contributed by atoms with Crippen molar-refractivity contribution in [2.45, 2.75) is 25.1 Å². The van der Waals surface area contributed by atoms with Crippen molar-refractivity contribution in [1.82, 2.24) is 0 Å². The maximum Gasteiger partial charge on any atom is 0.364 e. The number of hydrogen-bond donors (Lipinski definition) is 0. The Kier molecular flexibility index (Phi) is 5.86. The van der Waals surface area contributed by atoms with E-state index in [1.54, 1.807) is 12.1 Å². The Bertz CT molecular complexity index is 965. The van der Waals surface area contributed by atoms with E-state index in [4.69, 9.17) is 4.74 Å². The third-order valence-electron chi connectivity index (χ3n) is 4.57. The molecule has 3 aromatic carbocycles. The summed E-state index contributed by atoms with van der Waals surface area (Å²) >= 11 is 0. The van der Waals surface area contributed by atoms with Crippen LogP contribution in [0.5, 0.6) is 0 Å². The quantitative estimate of drug-likeness (QED) is 0.557. The summed E-state index contributed by atoms with van der Waals surface area (Å²) in [5.41, 5.74) is -0.303. The van der Waals surface area contributed by atoms with Crippen LogP contribution in [0.1, 0.15) is 28.4 Å². The molecule has 28 heavy (non-hydrogen) atoms. The fraction of sp³-hybridized carbons (Fsp3) is 0.167. The molecule has 0 N–H and O–H groups in total. The van der Waals surface area contributed by atoms with Crippen LogP contribution < -0.4 is 0 Å². The Morgan fingerprint density at radius 3 is 2.14 bits per heavy atom. The molecule has 0 aliphatic carbocycles. The van der Waals surface area contributed by atoms with Crippen molar-refractivity contribution < 1.29 is 13.9 Å². The molecule has 4 heteroatoms. The predicted molar refractivity (Wildman–Crippen MR) is 105 cm³/mol. The molecule has 0 aromatic heterocycles. The highest BCUT2D eigenvalue weighted by atomic mass is 19.1. The Morgan fingerprint density at radius 1 is 1.00 bits per heavy atom. The van der Waals surface area contributed by atoms with E-state index in [1.165, 1.54) is 18.2 Å². The number of nitriles is 1. The summed E-state index contributed by atoms with van der Waals surface area (Å²) < 4.78 is 20.9. The van der Waals surface area contributed by atoms with Crippen molar-refractivity contribution >= 4 is 5.97 Å². The van der Waals surface area contributed by atoms with Crippen LogP contribution in [0.15, 0.2) is 84.9 Å². The minimum Gasteiger partial charge on any atom is -0.454 e. The Labute approximate surface area is 164 Å². The van der Waals surface area contributed by atoms with Gasteiger partial charge in [0.2, 0.25) is 0 Å². The molecule has 0 amide bonds. The number of benzene rings is 3. The third-order valence-corrected chi connectivity index (χ3v) is 4.57. The van der Waals surface area contributed by atoms with Crippen molar-refractivity contribution in [1.29, 1.82) is 5.26 Å². The molecule has 0 saturated heterocycles. The molecular weight excluding hydrogens is 353 g/mol. The largest absolute Gasteiger partial charge is 0.454 e. The number of carbonyl (C=O) groups excluding carboxylic acids is 1. The fourth-order valence-electron chi connectivity index (χ4n) is 2.95. The lowest BCUT2D eigenvalue weighted by Crippen LogP contribution is -2.33. The van der Waals surface area contributed by atoms with E-state index < -0.39 is 17.7 Å². The van der Waals surface area contributed by atoms with Crippen LogP contribution in [0.2, 0.25) is 0 Å². The number of nitrogens with zero attached hydrogens (tertiary/aromatic N) is 1. The monoisotopic (exact) mass is 373 g/mol. The highest BCUT2D eigenvalue weighted by Gasteiger charge is 2.44. The lowest BCUT2D eigenvalue weighted by atomic mass is 9.96. The number of carbonyl (C=O) groups is 1. The second-order valence-electron chi connectivity index (χ2n) is 6.63. The second kappa shape index (κ2) is 8.49. The number of ether oxygens (including phenoxy) is 1. The summed E-state index contributed by atoms with van der Waals surface area (Å²) in [5, 5.41) is 9.43. The van der Waals surface area contributed by atoms with Gasteiger partial charge in [0.1, 0.15) is 12.2 Å². The Morgan fingerprint density at radius 2 is 1.57 bits per heavy atom. The molecule has 3 rings (SSSR count). The van der Waals surface area contributed by atoms with Crippen molar-refractivity contribution in [3.8, 4) is 6.07 Å². The highest BCUT2D eigenvalue weighted by Crippen LogP contribution is 2.31. The van der Waals surface area contributed by atoms with Gasteiger partial charge in [-0.05, 0) is 18.1 Å². The fourth-order valence-corrected chi connectivity index (χ4v) is 2.95. The van der Waals surface area contributed by atoms with Crippen molar-refractivity contribution in [2.75, 3.05) is 0 Å². The molecule has 0 aliphatic heterocycles. The SMILES string of the molecule is Cc1ccc([C@@](F)(C#N)C(=O)O[C@@H](Cc2ccccc2)c2ccccc2)cc1. The predicted octanol–water partition coefficient (Wildman–Crippen LogP) is 5.21. The molecule has 2 atom stereocenters. The minimum atomic E-state index is -2.86. The van der Waals surface area contributed by atoms with Gasteiger partial charge in [0.05, 0.1) is 0 Å². The summed E-state index contributed by atoms with van der Waals surface area (Å²) in [5.74, 6) is -1.20. The molecule has 3 aromatic rings. The van der Waals surface area contributed by atoms with Crippen LogP contribution in [0.4, 0.5) is 4.39 Å². The van der Waals surface area contributed by atoms with Gasteiger partial charge in [0, 0.05) is 12.0 Å². The molecule has 0 radical (unpaired) electrons. The first kappa shape index (κ1) is 19.3. The molecule has 3 nitrogen and oxygen atoms in total. The molecule has 0 unspecified atom stereocenters. The maximum absolute atomic E-state index is 15.4. The van der Waals surface area contributed by atoms with E-state index in [2.05, 4.69) is 0 Å². The van der Waals surface area contributed by atoms with E-state index >= 15 is 4.39 Å². The van der Waals surface area contributed by atoms with Crippen molar-refractivity contribution in [2.24, 2.45) is 0 Å². The molecule has 0 heterocycles. The van der Waals surface area contributed by atoms with Gasteiger partial charge in [0.15, 0.2) is 0 Å². The average molecular weight is 373 g/mol. The van der Waals surface area contributed by atoms with Gasteiger partial charge in [0.25, 0.3) is 0 Å². The van der Waals surface area contributed by atoms with Gasteiger partial charge in [-0.15, -0.1) is 0 Å². The lowest BCUT2D eigenvalue weighted by molar-refractivity contribution is -0.160. The zero-order valence-corrected chi connectivity index (χ0v) is 15.5. The first-order valence-electron chi connectivity index (χ1n) is 9.00. The standard InChI is InChI=1S/C24H20FNO2/c1-18-12-14-21(15-13-18)24(25,17-26)23(27)28-22(20-10-6-3-7-11-20)16-19-8-4-2-5-9-19/h2-15,22H,16H2,1H3/t22-,24-/m0/s1. The molecule has 0 saturated carbocycles. The topological polar surface area (TPSA) is 50.1 Å². The van der Waals surface area contributed by atoms with Crippen LogP contribution in [-0.4, -0.2) is 5.97 Å². The summed E-state index contributed by atoms with van der Waals surface area (Å²) in [7, 11) is 0. The normalized spacial score (nSPS) is 13.8. The average Bonchev–Trinajstić information content (AvgIpc) is 2.74. The van der Waals surface area contributed by atoms with Crippen molar-refractivity contribution in [3.05, 3.63) is 107 Å². The third kappa shape index (κ3) is 4.27. The van der Waals surface area contributed by atoms with E-state index in [0.29, 0.717) is 6.42 Å².